The maximum absolute atomic E-state index is 13.5. The van der Waals surface area contributed by atoms with E-state index in [1.54, 1.807) is 0 Å². The van der Waals surface area contributed by atoms with Crippen LogP contribution >= 0.6 is 0 Å². The number of hydrogen-bond acceptors (Lipinski definition) is 3. The van der Waals surface area contributed by atoms with E-state index in [4.69, 9.17) is 5.11 Å². The van der Waals surface area contributed by atoms with Gasteiger partial charge in [0.25, 0.3) is 0 Å². The topological polar surface area (TPSA) is 66.0 Å². The van der Waals surface area contributed by atoms with Crippen LogP contribution in [0.3, 0.4) is 0 Å². The van der Waals surface area contributed by atoms with Gasteiger partial charge < -0.3 is 10.1 Å². The van der Waals surface area contributed by atoms with Gasteiger partial charge in [0.05, 0.1) is 18.5 Å². The molecule has 0 amide bonds. The first-order valence-electron chi connectivity index (χ1n) is 4.76. The Hall–Kier alpha value is -2.08. The first kappa shape index (κ1) is 11.4. The first-order valence-corrected chi connectivity index (χ1v) is 4.76. The predicted molar refractivity (Wildman–Crippen MR) is 56.1 cm³/mol. The number of aliphatic hydroxyl groups is 1. The van der Waals surface area contributed by atoms with Crippen molar-refractivity contribution in [2.45, 2.75) is 6.61 Å². The molecular weight excluding hydrogens is 230 g/mol. The summed E-state index contributed by atoms with van der Waals surface area (Å²) in [5, 5.41) is 9.06. The fraction of sp³-hybridized carbons (Fsp3) is 0.0909. The number of nitrogens with one attached hydrogen (secondary N) is 1. The second-order valence-corrected chi connectivity index (χ2v) is 3.36. The van der Waals surface area contributed by atoms with E-state index in [9.17, 15) is 13.6 Å². The van der Waals surface area contributed by atoms with E-state index in [1.807, 2.05) is 0 Å². The Bertz CT molecular complexity index is 611. The highest BCUT2D eigenvalue weighted by Crippen LogP contribution is 2.22. The third kappa shape index (κ3) is 2.21. The minimum absolute atomic E-state index is 0.119. The van der Waals surface area contributed by atoms with Crippen LogP contribution in [0.15, 0.2) is 29.2 Å². The van der Waals surface area contributed by atoms with Gasteiger partial charge in [-0.25, -0.2) is 8.78 Å². The number of hydrogen-bond donors (Lipinski definition) is 2. The Labute approximate surface area is 94.6 Å². The third-order valence-electron chi connectivity index (χ3n) is 2.22. The Morgan fingerprint density at radius 1 is 1.35 bits per heavy atom. The quantitative estimate of drug-likeness (QED) is 0.826. The summed E-state index contributed by atoms with van der Waals surface area (Å²) in [6.45, 7) is -0.468. The third-order valence-corrected chi connectivity index (χ3v) is 2.22. The van der Waals surface area contributed by atoms with Crippen LogP contribution in [-0.4, -0.2) is 15.1 Å². The summed E-state index contributed by atoms with van der Waals surface area (Å²) in [4.78, 5) is 17.0. The van der Waals surface area contributed by atoms with E-state index >= 15 is 0 Å². The molecule has 0 saturated heterocycles. The van der Waals surface area contributed by atoms with E-state index in [0.717, 1.165) is 6.20 Å². The van der Waals surface area contributed by atoms with Crippen LogP contribution in [0.1, 0.15) is 5.69 Å². The highest BCUT2D eigenvalue weighted by molar-refractivity contribution is 5.62. The van der Waals surface area contributed by atoms with Gasteiger partial charge in [0.1, 0.15) is 11.5 Å². The molecule has 0 saturated carbocycles. The zero-order valence-corrected chi connectivity index (χ0v) is 8.58. The van der Waals surface area contributed by atoms with Gasteiger partial charge in [0, 0.05) is 17.7 Å². The Morgan fingerprint density at radius 3 is 2.76 bits per heavy atom. The second-order valence-electron chi connectivity index (χ2n) is 3.36. The number of H-pyrrole nitrogens is 1. The molecule has 0 aliphatic carbocycles. The van der Waals surface area contributed by atoms with Gasteiger partial charge in [-0.15, -0.1) is 0 Å². The average molecular weight is 238 g/mol. The molecule has 6 heteroatoms. The van der Waals surface area contributed by atoms with Crippen LogP contribution in [0.4, 0.5) is 8.78 Å². The summed E-state index contributed by atoms with van der Waals surface area (Å²) >= 11 is 0. The van der Waals surface area contributed by atoms with Gasteiger partial charge in [-0.2, -0.15) is 0 Å². The monoisotopic (exact) mass is 238 g/mol. The molecule has 88 valence electrons. The molecule has 0 atom stereocenters. The number of rotatable bonds is 2. The van der Waals surface area contributed by atoms with Crippen molar-refractivity contribution in [2.24, 2.45) is 0 Å². The van der Waals surface area contributed by atoms with E-state index in [0.29, 0.717) is 6.07 Å². The lowest BCUT2D eigenvalue weighted by Gasteiger charge is -2.06. The molecule has 17 heavy (non-hydrogen) atoms. The smallest absolute Gasteiger partial charge is 0.248 e. The molecule has 2 heterocycles. The van der Waals surface area contributed by atoms with Crippen molar-refractivity contribution >= 4 is 0 Å². The summed E-state index contributed by atoms with van der Waals surface area (Å²) in [6.07, 6.45) is 0.866. The van der Waals surface area contributed by atoms with Gasteiger partial charge in [-0.05, 0) is 6.07 Å². The highest BCUT2D eigenvalue weighted by Gasteiger charge is 2.12. The molecule has 2 rings (SSSR count). The molecule has 0 spiro atoms. The predicted octanol–water partition coefficient (Wildman–Crippen LogP) is 1.21. The molecule has 0 bridgehead atoms. The van der Waals surface area contributed by atoms with Crippen molar-refractivity contribution in [1.82, 2.24) is 9.97 Å². The lowest BCUT2D eigenvalue weighted by Crippen LogP contribution is -2.09. The van der Waals surface area contributed by atoms with Gasteiger partial charge in [-0.1, -0.05) is 0 Å². The van der Waals surface area contributed by atoms with Gasteiger partial charge in [0.2, 0.25) is 5.56 Å². The Morgan fingerprint density at radius 2 is 2.12 bits per heavy atom. The maximum Gasteiger partial charge on any atom is 0.248 e. The molecule has 2 N–H and O–H groups in total. The number of pyridine rings is 2. The minimum Gasteiger partial charge on any atom is -0.390 e. The SMILES string of the molecule is O=c1ccc(-c2ncc(F)cc2F)c(CO)[nH]1. The molecule has 0 aliphatic heterocycles. The number of aliphatic hydroxyl groups excluding tert-OH is 1. The minimum atomic E-state index is -0.855. The lowest BCUT2D eigenvalue weighted by molar-refractivity contribution is 0.277. The summed E-state index contributed by atoms with van der Waals surface area (Å²) in [6, 6.07) is 3.20. The largest absolute Gasteiger partial charge is 0.390 e. The number of nitrogens with zero attached hydrogens (tertiary/aromatic N) is 1. The molecule has 0 unspecified atom stereocenters. The molecule has 2 aromatic heterocycles. The number of aromatic nitrogens is 2. The molecular formula is C11H8F2N2O2. The average Bonchev–Trinajstić information content (AvgIpc) is 2.30. The van der Waals surface area contributed by atoms with Crippen molar-refractivity contribution < 1.29 is 13.9 Å². The molecule has 4 nitrogen and oxygen atoms in total. The van der Waals surface area contributed by atoms with Gasteiger partial charge in [-0.3, -0.25) is 9.78 Å². The molecule has 0 fully saturated rings. The standard InChI is InChI=1S/C11H8F2N2O2/c12-6-3-8(13)11(14-4-6)7-1-2-10(17)15-9(7)5-16/h1-4,16H,5H2,(H,15,17). The van der Waals surface area contributed by atoms with Crippen LogP contribution < -0.4 is 5.56 Å². The maximum atomic E-state index is 13.5. The van der Waals surface area contributed by atoms with E-state index < -0.39 is 23.8 Å². The van der Waals surface area contributed by atoms with Crippen molar-refractivity contribution in [1.29, 1.82) is 0 Å². The van der Waals surface area contributed by atoms with E-state index in [1.165, 1.54) is 12.1 Å². The normalized spacial score (nSPS) is 10.5. The van der Waals surface area contributed by atoms with Crippen LogP contribution in [0.2, 0.25) is 0 Å². The van der Waals surface area contributed by atoms with Crippen molar-refractivity contribution in [3.8, 4) is 11.3 Å². The number of aromatic amines is 1. The second kappa shape index (κ2) is 4.42. The Kier molecular flexibility index (Phi) is 2.97. The van der Waals surface area contributed by atoms with Crippen molar-refractivity contribution in [3.05, 3.63) is 52.1 Å². The fourth-order valence-corrected chi connectivity index (χ4v) is 1.48. The van der Waals surface area contributed by atoms with Crippen molar-refractivity contribution in [2.75, 3.05) is 0 Å². The lowest BCUT2D eigenvalue weighted by atomic mass is 10.1. The zero-order valence-electron chi connectivity index (χ0n) is 8.58. The molecule has 2 aromatic rings. The summed E-state index contributed by atoms with van der Waals surface area (Å²) in [7, 11) is 0. The van der Waals surface area contributed by atoms with Crippen molar-refractivity contribution in [3.63, 3.8) is 0 Å². The van der Waals surface area contributed by atoms with Crippen LogP contribution in [-0.2, 0) is 6.61 Å². The van der Waals surface area contributed by atoms with Crippen LogP contribution in [0, 0.1) is 11.6 Å². The first-order chi connectivity index (χ1) is 8.11. The van der Waals surface area contributed by atoms with E-state index in [-0.39, 0.29) is 17.0 Å². The van der Waals surface area contributed by atoms with Gasteiger partial charge >= 0.3 is 0 Å². The zero-order chi connectivity index (χ0) is 12.4. The van der Waals surface area contributed by atoms with Crippen LogP contribution in [0.25, 0.3) is 11.3 Å². The molecule has 0 aromatic carbocycles. The molecule has 0 radical (unpaired) electrons. The molecule has 0 aliphatic rings. The summed E-state index contributed by atoms with van der Waals surface area (Å²) < 4.78 is 26.2. The van der Waals surface area contributed by atoms with E-state index in [2.05, 4.69) is 9.97 Å². The van der Waals surface area contributed by atoms with Gasteiger partial charge in [0.15, 0.2) is 5.82 Å². The summed E-state index contributed by atoms with van der Waals surface area (Å²) in [5.74, 6) is -1.65. The summed E-state index contributed by atoms with van der Waals surface area (Å²) in [5.41, 5.74) is -0.174. The fourth-order valence-electron chi connectivity index (χ4n) is 1.48. The highest BCUT2D eigenvalue weighted by atomic mass is 19.1. The number of halogens is 2. The van der Waals surface area contributed by atoms with Crippen LogP contribution in [0.5, 0.6) is 0 Å². The Balaban J connectivity index is 2.63.